The van der Waals surface area contributed by atoms with Crippen LogP contribution in [0.4, 0.5) is 0 Å². The number of amides is 2. The van der Waals surface area contributed by atoms with E-state index in [0.29, 0.717) is 19.5 Å². The van der Waals surface area contributed by atoms with Gasteiger partial charge >= 0.3 is 0 Å². The first-order chi connectivity index (χ1) is 8.92. The molecule has 0 aromatic rings. The topological polar surface area (TPSA) is 69.6 Å². The highest BCUT2D eigenvalue weighted by atomic mass is 16.3. The molecule has 0 radical (unpaired) electrons. The van der Waals surface area contributed by atoms with Crippen LogP contribution in [0.3, 0.4) is 0 Å². The van der Waals surface area contributed by atoms with Crippen molar-refractivity contribution in [3.8, 4) is 0 Å². The first kappa shape index (κ1) is 14.3. The van der Waals surface area contributed by atoms with Gasteiger partial charge in [0, 0.05) is 25.9 Å². The van der Waals surface area contributed by atoms with Crippen LogP contribution in [0.25, 0.3) is 0 Å². The Bertz CT molecular complexity index is 372. The maximum Gasteiger partial charge on any atom is 0.244 e. The van der Waals surface area contributed by atoms with Crippen molar-refractivity contribution in [2.24, 2.45) is 5.92 Å². The number of piperidine rings is 1. The van der Waals surface area contributed by atoms with Crippen LogP contribution in [0.1, 0.15) is 46.0 Å². The molecule has 2 rings (SSSR count). The summed E-state index contributed by atoms with van der Waals surface area (Å²) in [4.78, 5) is 25.0. The van der Waals surface area contributed by atoms with Crippen molar-refractivity contribution in [1.82, 2.24) is 10.2 Å². The molecule has 1 saturated carbocycles. The number of likely N-dealkylation sites (tertiary alicyclic amines) is 1. The highest BCUT2D eigenvalue weighted by Crippen LogP contribution is 2.39. The quantitative estimate of drug-likeness (QED) is 0.773. The van der Waals surface area contributed by atoms with Crippen molar-refractivity contribution >= 4 is 11.8 Å². The minimum atomic E-state index is -0.563. The highest BCUT2D eigenvalue weighted by molar-refractivity contribution is 5.86. The van der Waals surface area contributed by atoms with Gasteiger partial charge in [0.2, 0.25) is 11.8 Å². The summed E-state index contributed by atoms with van der Waals surface area (Å²) in [5, 5.41) is 13.2. The van der Waals surface area contributed by atoms with Crippen LogP contribution in [0.15, 0.2) is 0 Å². The van der Waals surface area contributed by atoms with Gasteiger partial charge in [0.25, 0.3) is 0 Å². The van der Waals surface area contributed by atoms with E-state index >= 15 is 0 Å². The Labute approximate surface area is 114 Å². The molecule has 2 fully saturated rings. The third kappa shape index (κ3) is 3.08. The van der Waals surface area contributed by atoms with Gasteiger partial charge in [0.1, 0.15) is 6.04 Å². The number of nitrogens with zero attached hydrogens (tertiary/aromatic N) is 1. The van der Waals surface area contributed by atoms with E-state index in [4.69, 9.17) is 0 Å². The third-order valence-electron chi connectivity index (χ3n) is 4.53. The number of rotatable bonds is 2. The molecule has 1 saturated heterocycles. The third-order valence-corrected chi connectivity index (χ3v) is 4.53. The molecule has 5 heteroatoms. The van der Waals surface area contributed by atoms with Crippen LogP contribution in [0, 0.1) is 5.92 Å². The largest absolute Gasteiger partial charge is 0.389 e. The minimum absolute atomic E-state index is 0.0391. The van der Waals surface area contributed by atoms with E-state index in [2.05, 4.69) is 5.32 Å². The summed E-state index contributed by atoms with van der Waals surface area (Å²) in [6.45, 7) is 4.35. The monoisotopic (exact) mass is 268 g/mol. The van der Waals surface area contributed by atoms with Gasteiger partial charge in [-0.15, -0.1) is 0 Å². The van der Waals surface area contributed by atoms with E-state index in [1.807, 2.05) is 0 Å². The van der Waals surface area contributed by atoms with Gasteiger partial charge in [-0.25, -0.2) is 0 Å². The Morgan fingerprint density at radius 2 is 2.11 bits per heavy atom. The fourth-order valence-electron chi connectivity index (χ4n) is 3.41. The molecule has 3 unspecified atom stereocenters. The zero-order valence-electron chi connectivity index (χ0n) is 11.8. The molecule has 0 aromatic carbocycles. The molecule has 1 aliphatic carbocycles. The Morgan fingerprint density at radius 3 is 2.79 bits per heavy atom. The van der Waals surface area contributed by atoms with Crippen molar-refractivity contribution < 1.29 is 14.7 Å². The van der Waals surface area contributed by atoms with Gasteiger partial charge in [-0.2, -0.15) is 0 Å². The lowest BCUT2D eigenvalue weighted by Gasteiger charge is -2.47. The number of carbonyl (C=O) groups excluding carboxylic acids is 2. The van der Waals surface area contributed by atoms with Gasteiger partial charge in [0.15, 0.2) is 0 Å². The number of carbonyl (C=O) groups is 2. The van der Waals surface area contributed by atoms with E-state index in [0.717, 1.165) is 25.7 Å². The molecular formula is C14H24N2O3. The van der Waals surface area contributed by atoms with Gasteiger partial charge < -0.3 is 15.3 Å². The molecule has 1 aliphatic heterocycles. The van der Waals surface area contributed by atoms with Gasteiger partial charge in [-0.3, -0.25) is 9.59 Å². The Hall–Kier alpha value is -1.10. The zero-order valence-corrected chi connectivity index (χ0v) is 11.8. The molecule has 108 valence electrons. The average Bonchev–Trinajstić information content (AvgIpc) is 2.36. The molecular weight excluding hydrogens is 244 g/mol. The summed E-state index contributed by atoms with van der Waals surface area (Å²) >= 11 is 0. The van der Waals surface area contributed by atoms with E-state index in [1.165, 1.54) is 6.92 Å². The number of nitrogens with one attached hydrogen (secondary N) is 1. The van der Waals surface area contributed by atoms with Crippen molar-refractivity contribution in [3.63, 3.8) is 0 Å². The lowest BCUT2D eigenvalue weighted by Crippen LogP contribution is -2.57. The minimum Gasteiger partial charge on any atom is -0.389 e. The predicted molar refractivity (Wildman–Crippen MR) is 71.4 cm³/mol. The molecule has 0 spiro atoms. The number of aliphatic hydroxyl groups is 1. The fraction of sp³-hybridized carbons (Fsp3) is 0.857. The normalized spacial score (nSPS) is 32.4. The number of hydrogen-bond acceptors (Lipinski definition) is 3. The number of hydrogen-bond donors (Lipinski definition) is 2. The molecule has 5 nitrogen and oxygen atoms in total. The fourth-order valence-corrected chi connectivity index (χ4v) is 3.41. The van der Waals surface area contributed by atoms with E-state index in [9.17, 15) is 14.7 Å². The SMILES string of the molecule is CC(=O)NC(C)C(=O)N1CCC2(O)CCCCC2C1. The number of fused-ring (bicyclic) bond motifs is 1. The summed E-state index contributed by atoms with van der Waals surface area (Å²) in [6.07, 6.45) is 4.74. The summed E-state index contributed by atoms with van der Waals surface area (Å²) in [7, 11) is 0. The summed E-state index contributed by atoms with van der Waals surface area (Å²) in [5.74, 6) is -0.0293. The van der Waals surface area contributed by atoms with Crippen molar-refractivity contribution in [1.29, 1.82) is 0 Å². The second-order valence-corrected chi connectivity index (χ2v) is 6.00. The molecule has 0 aromatic heterocycles. The molecule has 2 amide bonds. The van der Waals surface area contributed by atoms with E-state index < -0.39 is 11.6 Å². The summed E-state index contributed by atoms with van der Waals surface area (Å²) in [5.41, 5.74) is -0.563. The van der Waals surface area contributed by atoms with Gasteiger partial charge in [-0.1, -0.05) is 12.8 Å². The first-order valence-corrected chi connectivity index (χ1v) is 7.20. The van der Waals surface area contributed by atoms with Gasteiger partial charge in [-0.05, 0) is 26.2 Å². The zero-order chi connectivity index (χ0) is 14.0. The summed E-state index contributed by atoms with van der Waals surface area (Å²) in [6, 6.07) is -0.479. The van der Waals surface area contributed by atoms with Crippen molar-refractivity contribution in [2.45, 2.75) is 57.6 Å². The van der Waals surface area contributed by atoms with Crippen LogP contribution in [-0.4, -0.2) is 46.6 Å². The molecule has 1 heterocycles. The molecule has 3 atom stereocenters. The Morgan fingerprint density at radius 1 is 1.37 bits per heavy atom. The predicted octanol–water partition coefficient (Wildman–Crippen LogP) is 0.665. The lowest BCUT2D eigenvalue weighted by atomic mass is 9.71. The Kier molecular flexibility index (Phi) is 4.13. The van der Waals surface area contributed by atoms with E-state index in [1.54, 1.807) is 11.8 Å². The molecule has 2 N–H and O–H groups in total. The van der Waals surface area contributed by atoms with E-state index in [-0.39, 0.29) is 17.7 Å². The maximum atomic E-state index is 12.2. The van der Waals surface area contributed by atoms with Crippen molar-refractivity contribution in [3.05, 3.63) is 0 Å². The second-order valence-electron chi connectivity index (χ2n) is 6.00. The van der Waals surface area contributed by atoms with Crippen LogP contribution in [-0.2, 0) is 9.59 Å². The molecule has 19 heavy (non-hydrogen) atoms. The highest BCUT2D eigenvalue weighted by Gasteiger charge is 2.44. The maximum absolute atomic E-state index is 12.2. The molecule has 2 aliphatic rings. The average molecular weight is 268 g/mol. The lowest BCUT2D eigenvalue weighted by molar-refractivity contribution is -0.146. The Balaban J connectivity index is 1.96. The van der Waals surface area contributed by atoms with Crippen LogP contribution >= 0.6 is 0 Å². The molecule has 0 bridgehead atoms. The smallest absolute Gasteiger partial charge is 0.244 e. The summed E-state index contributed by atoms with van der Waals surface area (Å²) < 4.78 is 0. The van der Waals surface area contributed by atoms with Crippen LogP contribution in [0.2, 0.25) is 0 Å². The van der Waals surface area contributed by atoms with Crippen molar-refractivity contribution in [2.75, 3.05) is 13.1 Å². The van der Waals surface area contributed by atoms with Crippen LogP contribution < -0.4 is 5.32 Å². The standard InChI is InChI=1S/C14H24N2O3/c1-10(15-11(2)17)13(18)16-8-7-14(19)6-4-3-5-12(14)9-16/h10,12,19H,3-9H2,1-2H3,(H,15,17). The first-order valence-electron chi connectivity index (χ1n) is 7.20. The van der Waals surface area contributed by atoms with Gasteiger partial charge in [0.05, 0.1) is 5.60 Å². The van der Waals surface area contributed by atoms with Crippen LogP contribution in [0.5, 0.6) is 0 Å². The second kappa shape index (κ2) is 5.49.